The highest BCUT2D eigenvalue weighted by Gasteiger charge is 2.22. The summed E-state index contributed by atoms with van der Waals surface area (Å²) in [5.41, 5.74) is -0.182. The number of nitrogens with zero attached hydrogens (tertiary/aromatic N) is 2. The summed E-state index contributed by atoms with van der Waals surface area (Å²) in [7, 11) is 0. The molecule has 0 aromatic carbocycles. The first-order chi connectivity index (χ1) is 11.7. The van der Waals surface area contributed by atoms with Crippen molar-refractivity contribution in [2.45, 2.75) is 32.7 Å². The Bertz CT molecular complexity index is 570. The number of esters is 2. The van der Waals surface area contributed by atoms with Crippen molar-refractivity contribution in [3.8, 4) is 0 Å². The lowest BCUT2D eigenvalue weighted by Crippen LogP contribution is -2.22. The first-order valence-corrected chi connectivity index (χ1v) is 8.09. The van der Waals surface area contributed by atoms with Crippen molar-refractivity contribution < 1.29 is 23.8 Å². The fourth-order valence-electron chi connectivity index (χ4n) is 2.41. The van der Waals surface area contributed by atoms with Gasteiger partial charge in [0, 0.05) is 25.5 Å². The molecule has 2 rings (SSSR count). The minimum absolute atomic E-state index is 0.176. The van der Waals surface area contributed by atoms with E-state index in [1.807, 2.05) is 4.68 Å². The number of rotatable bonds is 7. The maximum absolute atomic E-state index is 11.9. The molecule has 1 aromatic rings. The van der Waals surface area contributed by atoms with E-state index in [-0.39, 0.29) is 24.8 Å². The van der Waals surface area contributed by atoms with Crippen LogP contribution in [-0.4, -0.2) is 48.1 Å². The number of hydrogen-bond donors (Lipinski definition) is 1. The van der Waals surface area contributed by atoms with E-state index < -0.39 is 11.9 Å². The van der Waals surface area contributed by atoms with Gasteiger partial charge in [-0.05, 0) is 26.7 Å². The minimum Gasteiger partial charge on any atom is -0.462 e. The third kappa shape index (κ3) is 4.58. The average molecular weight is 337 g/mol. The highest BCUT2D eigenvalue weighted by Crippen LogP contribution is 2.24. The molecule has 0 amide bonds. The quantitative estimate of drug-likeness (QED) is 0.350. The standard InChI is InChI=1S/C16H23N3O5/c1-3-23-15(20)13(16(21)24-4-2)11-17-14-5-8-18-19(14)12-6-9-22-10-7-12/h5,8,11-12,17H,3-4,6-7,9-10H2,1-2H3. The summed E-state index contributed by atoms with van der Waals surface area (Å²) in [6.45, 7) is 5.08. The summed E-state index contributed by atoms with van der Waals surface area (Å²) >= 11 is 0. The Balaban J connectivity index is 2.14. The first kappa shape index (κ1) is 18.0. The number of carbonyl (C=O) groups excluding carboxylic acids is 2. The number of aromatic nitrogens is 2. The van der Waals surface area contributed by atoms with Crippen LogP contribution < -0.4 is 5.32 Å². The van der Waals surface area contributed by atoms with E-state index in [1.54, 1.807) is 26.1 Å². The van der Waals surface area contributed by atoms with Gasteiger partial charge in [0.25, 0.3) is 0 Å². The van der Waals surface area contributed by atoms with Crippen molar-refractivity contribution >= 4 is 17.8 Å². The van der Waals surface area contributed by atoms with E-state index >= 15 is 0 Å². The molecule has 0 bridgehead atoms. The van der Waals surface area contributed by atoms with Gasteiger partial charge in [-0.15, -0.1) is 0 Å². The van der Waals surface area contributed by atoms with Gasteiger partial charge in [0.05, 0.1) is 25.5 Å². The molecule has 0 atom stereocenters. The fraction of sp³-hybridized carbons (Fsp3) is 0.562. The minimum atomic E-state index is -0.722. The molecule has 1 fully saturated rings. The number of anilines is 1. The van der Waals surface area contributed by atoms with Crippen LogP contribution in [0.15, 0.2) is 24.0 Å². The molecular formula is C16H23N3O5. The summed E-state index contributed by atoms with van der Waals surface area (Å²) in [5, 5.41) is 7.28. The number of ether oxygens (including phenoxy) is 3. The summed E-state index contributed by atoms with van der Waals surface area (Å²) in [4.78, 5) is 23.9. The van der Waals surface area contributed by atoms with E-state index in [0.717, 1.165) is 12.8 Å². The fourth-order valence-corrected chi connectivity index (χ4v) is 2.41. The van der Waals surface area contributed by atoms with Crippen molar-refractivity contribution in [3.05, 3.63) is 24.0 Å². The number of hydrogen-bond acceptors (Lipinski definition) is 7. The van der Waals surface area contributed by atoms with Crippen LogP contribution >= 0.6 is 0 Å². The lowest BCUT2D eigenvalue weighted by Gasteiger charge is -2.24. The Morgan fingerprint density at radius 2 is 1.92 bits per heavy atom. The molecule has 0 unspecified atom stereocenters. The van der Waals surface area contributed by atoms with Crippen LogP contribution in [0, 0.1) is 0 Å². The van der Waals surface area contributed by atoms with Crippen molar-refractivity contribution in [3.63, 3.8) is 0 Å². The Morgan fingerprint density at radius 1 is 1.29 bits per heavy atom. The van der Waals surface area contributed by atoms with Gasteiger partial charge in [0.1, 0.15) is 5.82 Å². The Morgan fingerprint density at radius 3 is 2.50 bits per heavy atom. The van der Waals surface area contributed by atoms with Gasteiger partial charge < -0.3 is 19.5 Å². The van der Waals surface area contributed by atoms with Crippen LogP contribution in [-0.2, 0) is 23.8 Å². The normalized spacial score (nSPS) is 14.8. The van der Waals surface area contributed by atoms with Crippen LogP contribution in [0.4, 0.5) is 5.82 Å². The largest absolute Gasteiger partial charge is 0.462 e. The third-order valence-corrected chi connectivity index (χ3v) is 3.56. The SMILES string of the molecule is CCOC(=O)C(=CNc1ccnn1C1CCOCC1)C(=O)OCC. The Kier molecular flexibility index (Phi) is 6.80. The maximum Gasteiger partial charge on any atom is 0.347 e. The molecular weight excluding hydrogens is 314 g/mol. The van der Waals surface area contributed by atoms with E-state index in [4.69, 9.17) is 14.2 Å². The zero-order valence-corrected chi connectivity index (χ0v) is 14.0. The number of nitrogens with one attached hydrogen (secondary N) is 1. The van der Waals surface area contributed by atoms with Gasteiger partial charge in [-0.3, -0.25) is 0 Å². The van der Waals surface area contributed by atoms with Gasteiger partial charge in [-0.1, -0.05) is 0 Å². The third-order valence-electron chi connectivity index (χ3n) is 3.56. The molecule has 1 aliphatic rings. The zero-order chi connectivity index (χ0) is 17.4. The van der Waals surface area contributed by atoms with Crippen molar-refractivity contribution in [2.24, 2.45) is 0 Å². The topological polar surface area (TPSA) is 91.7 Å². The molecule has 0 spiro atoms. The van der Waals surface area contributed by atoms with E-state index in [2.05, 4.69) is 10.4 Å². The Labute approximate surface area is 140 Å². The van der Waals surface area contributed by atoms with Crippen LogP contribution in [0.2, 0.25) is 0 Å². The van der Waals surface area contributed by atoms with Gasteiger partial charge in [-0.2, -0.15) is 5.10 Å². The van der Waals surface area contributed by atoms with Crippen molar-refractivity contribution in [1.29, 1.82) is 0 Å². The van der Waals surface area contributed by atoms with Crippen LogP contribution in [0.5, 0.6) is 0 Å². The van der Waals surface area contributed by atoms with Crippen LogP contribution in [0.3, 0.4) is 0 Å². The molecule has 1 aromatic heterocycles. The van der Waals surface area contributed by atoms with Crippen LogP contribution in [0.25, 0.3) is 0 Å². The molecule has 24 heavy (non-hydrogen) atoms. The molecule has 1 aliphatic heterocycles. The average Bonchev–Trinajstić information content (AvgIpc) is 3.05. The van der Waals surface area contributed by atoms with Gasteiger partial charge >= 0.3 is 11.9 Å². The predicted molar refractivity (Wildman–Crippen MR) is 86.3 cm³/mol. The van der Waals surface area contributed by atoms with Crippen molar-refractivity contribution in [1.82, 2.24) is 9.78 Å². The predicted octanol–water partition coefficient (Wildman–Crippen LogP) is 1.66. The van der Waals surface area contributed by atoms with E-state index in [0.29, 0.717) is 19.0 Å². The molecule has 0 saturated carbocycles. The number of carbonyl (C=O) groups is 2. The first-order valence-electron chi connectivity index (χ1n) is 8.09. The maximum atomic E-state index is 11.9. The molecule has 8 heteroatoms. The summed E-state index contributed by atoms with van der Waals surface area (Å²) in [6.07, 6.45) is 4.70. The molecule has 0 radical (unpaired) electrons. The van der Waals surface area contributed by atoms with Crippen molar-refractivity contribution in [2.75, 3.05) is 31.7 Å². The highest BCUT2D eigenvalue weighted by atomic mass is 16.6. The van der Waals surface area contributed by atoms with Gasteiger partial charge in [0.15, 0.2) is 5.57 Å². The van der Waals surface area contributed by atoms with Gasteiger partial charge in [0.2, 0.25) is 0 Å². The second kappa shape index (κ2) is 9.07. The Hall–Kier alpha value is -2.35. The lowest BCUT2D eigenvalue weighted by atomic mass is 10.1. The molecule has 8 nitrogen and oxygen atoms in total. The molecule has 1 saturated heterocycles. The second-order valence-corrected chi connectivity index (χ2v) is 5.15. The summed E-state index contributed by atoms with van der Waals surface area (Å²) < 4.78 is 17.0. The highest BCUT2D eigenvalue weighted by molar-refractivity contribution is 6.14. The smallest absolute Gasteiger partial charge is 0.347 e. The molecule has 132 valence electrons. The lowest BCUT2D eigenvalue weighted by molar-refractivity contribution is -0.146. The molecule has 0 aliphatic carbocycles. The van der Waals surface area contributed by atoms with E-state index in [9.17, 15) is 9.59 Å². The molecule has 1 N–H and O–H groups in total. The van der Waals surface area contributed by atoms with Crippen LogP contribution in [0.1, 0.15) is 32.7 Å². The zero-order valence-electron chi connectivity index (χ0n) is 14.0. The van der Waals surface area contributed by atoms with Gasteiger partial charge in [-0.25, -0.2) is 14.3 Å². The monoisotopic (exact) mass is 337 g/mol. The molecule has 2 heterocycles. The summed E-state index contributed by atoms with van der Waals surface area (Å²) in [5.74, 6) is -0.755. The summed E-state index contributed by atoms with van der Waals surface area (Å²) in [6, 6.07) is 2.00. The second-order valence-electron chi connectivity index (χ2n) is 5.15. The van der Waals surface area contributed by atoms with E-state index in [1.165, 1.54) is 6.20 Å².